The Hall–Kier alpha value is -3.50. The molecule has 10 heteroatoms. The molecule has 10 nitrogen and oxygen atoms in total. The molecule has 2 atom stereocenters. The Morgan fingerprint density at radius 2 is 1.07 bits per heavy atom. The van der Waals surface area contributed by atoms with Crippen molar-refractivity contribution in [3.05, 3.63) is 48.5 Å². The van der Waals surface area contributed by atoms with Gasteiger partial charge < -0.3 is 29.2 Å². The van der Waals surface area contributed by atoms with E-state index in [1.54, 1.807) is 48.5 Å². The SMILES string of the molecule is COc1ccc(NC(=O)OCC(O)C(O)COC(=O)Nc2ccc(OC)cc2)cc1. The van der Waals surface area contributed by atoms with Gasteiger partial charge in [-0.25, -0.2) is 9.59 Å². The van der Waals surface area contributed by atoms with Gasteiger partial charge in [0.15, 0.2) is 0 Å². The van der Waals surface area contributed by atoms with E-state index < -0.39 is 37.6 Å². The smallest absolute Gasteiger partial charge is 0.411 e. The number of ether oxygens (including phenoxy) is 4. The molecule has 0 radical (unpaired) electrons. The molecule has 2 aromatic carbocycles. The largest absolute Gasteiger partial charge is 0.497 e. The first-order valence-electron chi connectivity index (χ1n) is 8.93. The summed E-state index contributed by atoms with van der Waals surface area (Å²) in [6.45, 7) is -0.987. The first kappa shape index (κ1) is 22.8. The fourth-order valence-corrected chi connectivity index (χ4v) is 2.20. The van der Waals surface area contributed by atoms with Crippen molar-refractivity contribution in [2.75, 3.05) is 38.1 Å². The molecule has 0 bridgehead atoms. The maximum Gasteiger partial charge on any atom is 0.411 e. The van der Waals surface area contributed by atoms with Crippen LogP contribution in [0, 0.1) is 0 Å². The second-order valence-corrected chi connectivity index (χ2v) is 6.04. The van der Waals surface area contributed by atoms with Gasteiger partial charge >= 0.3 is 12.2 Å². The Labute approximate surface area is 173 Å². The Balaban J connectivity index is 1.68. The minimum absolute atomic E-state index is 0.467. The van der Waals surface area contributed by atoms with Gasteiger partial charge in [-0.15, -0.1) is 0 Å². The predicted octanol–water partition coefficient (Wildman–Crippen LogP) is 2.22. The number of nitrogens with one attached hydrogen (secondary N) is 2. The molecule has 0 aromatic heterocycles. The summed E-state index contributed by atoms with van der Waals surface area (Å²) in [6.07, 6.45) is -4.52. The van der Waals surface area contributed by atoms with E-state index in [4.69, 9.17) is 18.9 Å². The highest BCUT2D eigenvalue weighted by Crippen LogP contribution is 2.16. The van der Waals surface area contributed by atoms with Gasteiger partial charge in [0.1, 0.15) is 36.9 Å². The summed E-state index contributed by atoms with van der Waals surface area (Å²) in [5, 5.41) is 24.6. The van der Waals surface area contributed by atoms with Gasteiger partial charge in [0, 0.05) is 11.4 Å². The highest BCUT2D eigenvalue weighted by molar-refractivity contribution is 5.85. The third-order valence-electron chi connectivity index (χ3n) is 3.89. The van der Waals surface area contributed by atoms with Crippen LogP contribution in [0.25, 0.3) is 0 Å². The van der Waals surface area contributed by atoms with Gasteiger partial charge in [0.2, 0.25) is 0 Å². The van der Waals surface area contributed by atoms with Crippen molar-refractivity contribution in [2.24, 2.45) is 0 Å². The molecule has 0 fully saturated rings. The van der Waals surface area contributed by atoms with Gasteiger partial charge in [-0.05, 0) is 48.5 Å². The second kappa shape index (κ2) is 11.5. The Morgan fingerprint density at radius 3 is 1.37 bits per heavy atom. The molecule has 162 valence electrons. The summed E-state index contributed by atoms with van der Waals surface area (Å²) < 4.78 is 19.7. The summed E-state index contributed by atoms with van der Waals surface area (Å²) >= 11 is 0. The highest BCUT2D eigenvalue weighted by atomic mass is 16.6. The topological polar surface area (TPSA) is 136 Å². The minimum Gasteiger partial charge on any atom is -0.497 e. The molecule has 2 aromatic rings. The van der Waals surface area contributed by atoms with Crippen LogP contribution in [0.15, 0.2) is 48.5 Å². The molecule has 0 saturated carbocycles. The maximum atomic E-state index is 11.7. The molecule has 2 amide bonds. The number of hydrogen-bond acceptors (Lipinski definition) is 8. The lowest BCUT2D eigenvalue weighted by Gasteiger charge is -2.18. The third kappa shape index (κ3) is 7.49. The van der Waals surface area contributed by atoms with Crippen LogP contribution in [0.1, 0.15) is 0 Å². The number of carbonyl (C=O) groups is 2. The van der Waals surface area contributed by atoms with Crippen LogP contribution in [0.5, 0.6) is 11.5 Å². The Kier molecular flexibility index (Phi) is 8.73. The summed E-state index contributed by atoms with van der Waals surface area (Å²) in [5.41, 5.74) is 0.934. The molecule has 4 N–H and O–H groups in total. The maximum absolute atomic E-state index is 11.7. The molecule has 2 rings (SSSR count). The number of amides is 2. The minimum atomic E-state index is -1.44. The van der Waals surface area contributed by atoms with Crippen molar-refractivity contribution in [2.45, 2.75) is 12.2 Å². The van der Waals surface area contributed by atoms with Gasteiger partial charge in [-0.1, -0.05) is 0 Å². The van der Waals surface area contributed by atoms with Crippen LogP contribution in [-0.4, -0.2) is 62.0 Å². The normalized spacial score (nSPS) is 12.3. The van der Waals surface area contributed by atoms with E-state index in [9.17, 15) is 19.8 Å². The zero-order valence-electron chi connectivity index (χ0n) is 16.5. The Bertz CT molecular complexity index is 741. The number of rotatable bonds is 9. The first-order valence-corrected chi connectivity index (χ1v) is 8.93. The van der Waals surface area contributed by atoms with Crippen molar-refractivity contribution in [3.8, 4) is 11.5 Å². The number of aliphatic hydroxyl groups excluding tert-OH is 2. The van der Waals surface area contributed by atoms with E-state index in [2.05, 4.69) is 10.6 Å². The molecular formula is C20H24N2O8. The predicted molar refractivity (Wildman–Crippen MR) is 108 cm³/mol. The number of anilines is 2. The summed E-state index contributed by atoms with van der Waals surface area (Å²) in [6, 6.07) is 13.1. The third-order valence-corrected chi connectivity index (χ3v) is 3.89. The molecule has 2 unspecified atom stereocenters. The molecule has 0 saturated heterocycles. The molecule has 0 aliphatic rings. The van der Waals surface area contributed by atoms with E-state index in [0.717, 1.165) is 0 Å². The van der Waals surface area contributed by atoms with E-state index in [-0.39, 0.29) is 0 Å². The van der Waals surface area contributed by atoms with E-state index in [1.807, 2.05) is 0 Å². The molecule has 30 heavy (non-hydrogen) atoms. The number of hydrogen-bond donors (Lipinski definition) is 4. The summed E-state index contributed by atoms with van der Waals surface area (Å²) in [5.74, 6) is 1.26. The lowest BCUT2D eigenvalue weighted by molar-refractivity contribution is -0.0422. The van der Waals surface area contributed by atoms with Gasteiger partial charge in [0.25, 0.3) is 0 Å². The number of carbonyl (C=O) groups excluding carboxylic acids is 2. The average Bonchev–Trinajstić information content (AvgIpc) is 2.76. The zero-order chi connectivity index (χ0) is 21.9. The van der Waals surface area contributed by atoms with E-state index in [0.29, 0.717) is 22.9 Å². The van der Waals surface area contributed by atoms with Crippen molar-refractivity contribution >= 4 is 23.6 Å². The summed E-state index contributed by atoms with van der Waals surface area (Å²) in [7, 11) is 3.05. The summed E-state index contributed by atoms with van der Waals surface area (Å²) in [4.78, 5) is 23.5. The van der Waals surface area contributed by atoms with Crippen molar-refractivity contribution in [1.82, 2.24) is 0 Å². The number of methoxy groups -OCH3 is 2. The van der Waals surface area contributed by atoms with Crippen molar-refractivity contribution < 1.29 is 38.7 Å². The first-order chi connectivity index (χ1) is 14.4. The Morgan fingerprint density at radius 1 is 0.733 bits per heavy atom. The molecule has 0 aliphatic carbocycles. The van der Waals surface area contributed by atoms with Crippen molar-refractivity contribution in [1.29, 1.82) is 0 Å². The van der Waals surface area contributed by atoms with Crippen molar-refractivity contribution in [3.63, 3.8) is 0 Å². The lowest BCUT2D eigenvalue weighted by atomic mass is 10.2. The van der Waals surface area contributed by atoms with E-state index >= 15 is 0 Å². The van der Waals surface area contributed by atoms with Crippen LogP contribution < -0.4 is 20.1 Å². The zero-order valence-corrected chi connectivity index (χ0v) is 16.5. The van der Waals surface area contributed by atoms with Gasteiger partial charge in [0.05, 0.1) is 14.2 Å². The lowest BCUT2D eigenvalue weighted by Crippen LogP contribution is -2.36. The average molecular weight is 420 g/mol. The molecular weight excluding hydrogens is 396 g/mol. The van der Waals surface area contributed by atoms with Crippen LogP contribution in [0.3, 0.4) is 0 Å². The molecule has 0 spiro atoms. The van der Waals surface area contributed by atoms with Crippen LogP contribution >= 0.6 is 0 Å². The van der Waals surface area contributed by atoms with E-state index in [1.165, 1.54) is 14.2 Å². The second-order valence-electron chi connectivity index (χ2n) is 6.04. The molecule has 0 aliphatic heterocycles. The fourth-order valence-electron chi connectivity index (χ4n) is 2.20. The van der Waals surface area contributed by atoms with Crippen LogP contribution in [-0.2, 0) is 9.47 Å². The van der Waals surface area contributed by atoms with Gasteiger partial charge in [-0.2, -0.15) is 0 Å². The quantitative estimate of drug-likeness (QED) is 0.485. The number of benzene rings is 2. The van der Waals surface area contributed by atoms with Crippen LogP contribution in [0.4, 0.5) is 21.0 Å². The van der Waals surface area contributed by atoms with Gasteiger partial charge in [-0.3, -0.25) is 10.6 Å². The standard InChI is InChI=1S/C20H24N2O8/c1-27-15-7-3-13(4-8-15)21-19(25)29-11-17(23)18(24)12-30-20(26)22-14-5-9-16(28-2)10-6-14/h3-10,17-18,23-24H,11-12H2,1-2H3,(H,21,25)(H,22,26). The highest BCUT2D eigenvalue weighted by Gasteiger charge is 2.20. The number of aliphatic hydroxyl groups is 2. The molecule has 0 heterocycles. The van der Waals surface area contributed by atoms with Crippen LogP contribution in [0.2, 0.25) is 0 Å². The monoisotopic (exact) mass is 420 g/mol. The fraction of sp³-hybridized carbons (Fsp3) is 0.300.